The molecule has 0 aromatic heterocycles. The van der Waals surface area contributed by atoms with E-state index in [9.17, 15) is 43.8 Å². The van der Waals surface area contributed by atoms with E-state index in [-0.39, 0.29) is 12.8 Å². The summed E-state index contributed by atoms with van der Waals surface area (Å²) in [4.78, 5) is 43.6. The van der Waals surface area contributed by atoms with Crippen LogP contribution >= 0.6 is 15.6 Å². The molecule has 15 nitrogen and oxygen atoms in total. The lowest BCUT2D eigenvalue weighted by Crippen LogP contribution is -2.25. The number of phosphoric ester groups is 2. The minimum Gasteiger partial charge on any atom is -0.463 e. The molecule has 62 heavy (non-hydrogen) atoms. The van der Waals surface area contributed by atoms with E-state index < -0.39 is 85.5 Å². The maximum absolute atomic E-state index is 12.1. The molecule has 0 aliphatic rings. The maximum Gasteiger partial charge on any atom is 0.472 e. The smallest absolute Gasteiger partial charge is 0.463 e. The van der Waals surface area contributed by atoms with Gasteiger partial charge in [-0.3, -0.25) is 27.7 Å². The van der Waals surface area contributed by atoms with Crippen molar-refractivity contribution in [3.63, 3.8) is 0 Å². The number of ether oxygens (including phenoxy) is 2. The first kappa shape index (κ1) is 59.7. The minimum absolute atomic E-state index is 0.116. The Hall–Kier alpha value is -2.26. The maximum atomic E-state index is 12.1. The van der Waals surface area contributed by atoms with Gasteiger partial charge >= 0.3 is 27.6 Å². The first-order valence-corrected chi connectivity index (χ1v) is 25.6. The van der Waals surface area contributed by atoms with E-state index in [1.807, 2.05) is 12.2 Å². The molecule has 0 bridgehead atoms. The van der Waals surface area contributed by atoms with E-state index >= 15 is 0 Å². The third-order valence-electron chi connectivity index (χ3n) is 8.99. The normalized spacial score (nSPS) is 15.8. The summed E-state index contributed by atoms with van der Waals surface area (Å²) in [5.74, 6) is -1.05. The fraction of sp³-hybridized carbons (Fsp3) is 0.733. The minimum atomic E-state index is -4.80. The number of allylic oxidation sites excluding steroid dienone is 10. The fourth-order valence-electron chi connectivity index (χ4n) is 5.48. The zero-order valence-electron chi connectivity index (χ0n) is 37.5. The topological polar surface area (TPSA) is 225 Å². The highest BCUT2D eigenvalue weighted by atomic mass is 31.2. The van der Waals surface area contributed by atoms with Crippen molar-refractivity contribution in [1.82, 2.24) is 0 Å². The molecular formula is C45H80O15P2. The molecule has 360 valence electrons. The highest BCUT2D eigenvalue weighted by Gasteiger charge is 2.28. The van der Waals surface area contributed by atoms with Crippen LogP contribution in [-0.2, 0) is 46.3 Å². The molecule has 0 saturated heterocycles. The molecule has 0 aliphatic carbocycles. The van der Waals surface area contributed by atoms with E-state index in [2.05, 4.69) is 80.6 Å². The molecule has 0 aliphatic heterocycles. The van der Waals surface area contributed by atoms with Gasteiger partial charge in [-0.15, -0.1) is 0 Å². The van der Waals surface area contributed by atoms with Gasteiger partial charge in [-0.25, -0.2) is 9.13 Å². The van der Waals surface area contributed by atoms with Crippen molar-refractivity contribution < 1.29 is 71.4 Å². The van der Waals surface area contributed by atoms with Crippen LogP contribution in [0.25, 0.3) is 0 Å². The molecule has 0 amide bonds. The number of aliphatic hydroxyl groups excluding tert-OH is 3. The second-order valence-electron chi connectivity index (χ2n) is 15.0. The largest absolute Gasteiger partial charge is 0.472 e. The quantitative estimate of drug-likeness (QED) is 0.0166. The number of rotatable bonds is 43. The number of hydrogen-bond donors (Lipinski definition) is 5. The zero-order chi connectivity index (χ0) is 46.0. The number of hydrogen-bond acceptors (Lipinski definition) is 13. The van der Waals surface area contributed by atoms with Crippen molar-refractivity contribution in [2.45, 2.75) is 173 Å². The van der Waals surface area contributed by atoms with Crippen LogP contribution in [0.5, 0.6) is 0 Å². The highest BCUT2D eigenvalue weighted by Crippen LogP contribution is 2.45. The van der Waals surface area contributed by atoms with E-state index in [1.165, 1.54) is 57.8 Å². The molecule has 17 heteroatoms. The van der Waals surface area contributed by atoms with Gasteiger partial charge in [0.15, 0.2) is 0 Å². The molecule has 0 heterocycles. The third kappa shape index (κ3) is 43.0. The van der Waals surface area contributed by atoms with Crippen LogP contribution in [0.4, 0.5) is 0 Å². The summed E-state index contributed by atoms with van der Waals surface area (Å²) in [6.07, 6.45) is 37.9. The first-order valence-electron chi connectivity index (χ1n) is 22.6. The van der Waals surface area contributed by atoms with Crippen LogP contribution in [0.3, 0.4) is 0 Å². The molecule has 5 N–H and O–H groups in total. The van der Waals surface area contributed by atoms with Crippen molar-refractivity contribution in [2.24, 2.45) is 0 Å². The Labute approximate surface area is 371 Å². The second kappa shape index (κ2) is 41.4. The van der Waals surface area contributed by atoms with Gasteiger partial charge in [-0.2, -0.15) is 0 Å². The summed E-state index contributed by atoms with van der Waals surface area (Å²) in [7, 11) is -9.58. The Kier molecular flexibility index (Phi) is 39.9. The number of carbonyl (C=O) groups excluding carboxylic acids is 2. The SMILES string of the molecule is CC/C=C\C/C=C\C/C=C\C/C=C\C/C=C\CCCC(=O)OCC(O)COP(=O)(O)OCC(O)COP(=O)(O)OCC(O)COC(=O)CCCCCCCCCCCCCCC. The molecule has 5 unspecified atom stereocenters. The average Bonchev–Trinajstić information content (AvgIpc) is 3.24. The summed E-state index contributed by atoms with van der Waals surface area (Å²) in [6.45, 7) is 0.221. The van der Waals surface area contributed by atoms with E-state index in [1.54, 1.807) is 0 Å². The lowest BCUT2D eigenvalue weighted by molar-refractivity contribution is -0.148. The molecule has 0 radical (unpaired) electrons. The van der Waals surface area contributed by atoms with Crippen molar-refractivity contribution in [3.05, 3.63) is 60.8 Å². The predicted molar refractivity (Wildman–Crippen MR) is 242 cm³/mol. The second-order valence-corrected chi connectivity index (χ2v) is 17.9. The summed E-state index contributed by atoms with van der Waals surface area (Å²) >= 11 is 0. The Morgan fingerprint density at radius 1 is 0.435 bits per heavy atom. The number of esters is 2. The zero-order valence-corrected chi connectivity index (χ0v) is 39.3. The van der Waals surface area contributed by atoms with E-state index in [0.717, 1.165) is 51.4 Å². The summed E-state index contributed by atoms with van der Waals surface area (Å²) < 4.78 is 52.8. The van der Waals surface area contributed by atoms with Crippen LogP contribution in [0.1, 0.15) is 155 Å². The predicted octanol–water partition coefficient (Wildman–Crippen LogP) is 9.83. The van der Waals surface area contributed by atoms with Crippen LogP contribution in [-0.4, -0.2) is 95.0 Å². The number of phosphoric acid groups is 2. The van der Waals surface area contributed by atoms with Crippen LogP contribution in [0.2, 0.25) is 0 Å². The Balaban J connectivity index is 3.98. The monoisotopic (exact) mass is 922 g/mol. The molecule has 0 saturated carbocycles. The summed E-state index contributed by atoms with van der Waals surface area (Å²) in [5, 5.41) is 30.0. The van der Waals surface area contributed by atoms with E-state index in [0.29, 0.717) is 19.3 Å². The van der Waals surface area contributed by atoms with Crippen molar-refractivity contribution in [2.75, 3.05) is 39.6 Å². The fourth-order valence-corrected chi connectivity index (χ4v) is 7.07. The van der Waals surface area contributed by atoms with Gasteiger partial charge < -0.3 is 34.6 Å². The highest BCUT2D eigenvalue weighted by molar-refractivity contribution is 7.47. The molecule has 0 spiro atoms. The van der Waals surface area contributed by atoms with Gasteiger partial charge in [0.1, 0.15) is 31.5 Å². The van der Waals surface area contributed by atoms with Crippen LogP contribution in [0, 0.1) is 0 Å². The molecule has 0 aromatic carbocycles. The number of aliphatic hydroxyl groups is 3. The van der Waals surface area contributed by atoms with Gasteiger partial charge in [0.25, 0.3) is 0 Å². The van der Waals surface area contributed by atoms with Crippen molar-refractivity contribution >= 4 is 27.6 Å². The summed E-state index contributed by atoms with van der Waals surface area (Å²) in [6, 6.07) is 0. The number of carbonyl (C=O) groups is 2. The van der Waals surface area contributed by atoms with Crippen LogP contribution < -0.4 is 0 Å². The third-order valence-corrected chi connectivity index (χ3v) is 10.9. The molecular weight excluding hydrogens is 842 g/mol. The Bertz CT molecular complexity index is 1350. The average molecular weight is 923 g/mol. The van der Waals surface area contributed by atoms with Crippen LogP contribution in [0.15, 0.2) is 60.8 Å². The Morgan fingerprint density at radius 2 is 0.742 bits per heavy atom. The van der Waals surface area contributed by atoms with E-state index in [4.69, 9.17) is 9.47 Å². The summed E-state index contributed by atoms with van der Waals surface area (Å²) in [5.41, 5.74) is 0. The van der Waals surface area contributed by atoms with Crippen molar-refractivity contribution in [1.29, 1.82) is 0 Å². The standard InChI is InChI=1S/C45H80O15P2/c1-3-5-7-9-11-13-15-17-18-19-20-22-24-26-28-30-32-34-45(50)56-36-42(47)38-58-62(53,54)60-40-43(48)39-59-61(51,52)57-37-41(46)35-55-44(49)33-31-29-27-25-23-21-16-14-12-10-8-6-4-2/h5,7,11,13,17-18,20,22,26,28,41-43,46-48H,3-4,6,8-10,12,14-16,19,21,23-25,27,29-40H2,1-2H3,(H,51,52)(H,53,54)/b7-5-,13-11-,18-17-,22-20-,28-26-. The lowest BCUT2D eigenvalue weighted by Gasteiger charge is -2.19. The molecule has 0 rings (SSSR count). The van der Waals surface area contributed by atoms with Gasteiger partial charge in [-0.1, -0.05) is 152 Å². The molecule has 5 atom stereocenters. The molecule has 0 aromatic rings. The first-order chi connectivity index (χ1) is 29.8. The van der Waals surface area contributed by atoms with Gasteiger partial charge in [-0.05, 0) is 51.4 Å². The molecule has 0 fully saturated rings. The van der Waals surface area contributed by atoms with Crippen molar-refractivity contribution in [3.8, 4) is 0 Å². The number of unbranched alkanes of at least 4 members (excludes halogenated alkanes) is 13. The lowest BCUT2D eigenvalue weighted by atomic mass is 10.0. The van der Waals surface area contributed by atoms with Gasteiger partial charge in [0.05, 0.1) is 26.4 Å². The van der Waals surface area contributed by atoms with Gasteiger partial charge in [0.2, 0.25) is 0 Å². The Morgan fingerprint density at radius 3 is 1.11 bits per heavy atom. The van der Waals surface area contributed by atoms with Gasteiger partial charge in [0, 0.05) is 12.8 Å².